The van der Waals surface area contributed by atoms with Crippen molar-refractivity contribution >= 4 is 41.1 Å². The number of nitrogens with two attached hydrogens (primary N) is 1. The minimum atomic E-state index is -1.12. The summed E-state index contributed by atoms with van der Waals surface area (Å²) >= 11 is 2.88. The molecule has 0 saturated carbocycles. The molecule has 2 atom stereocenters. The summed E-state index contributed by atoms with van der Waals surface area (Å²) in [7, 11) is 0. The monoisotopic (exact) mass is 323 g/mol. The maximum Gasteiger partial charge on any atom is 0.353 e. The molecule has 0 spiro atoms. The number of fused-ring (bicyclic) bond motifs is 1. The van der Waals surface area contributed by atoms with Gasteiger partial charge >= 0.3 is 5.97 Å². The zero-order valence-corrected chi connectivity index (χ0v) is 12.8. The molecule has 0 aromatic carbocycles. The average molecular weight is 323 g/mol. The van der Waals surface area contributed by atoms with Gasteiger partial charge in [-0.15, -0.1) is 23.1 Å². The van der Waals surface area contributed by atoms with E-state index in [0.29, 0.717) is 12.0 Å². The number of aromatic nitrogens is 1. The molecule has 1 amide bonds. The smallest absolute Gasteiger partial charge is 0.353 e. The minimum absolute atomic E-state index is 0.000850. The second kappa shape index (κ2) is 5.28. The van der Waals surface area contributed by atoms with E-state index in [1.165, 1.54) is 28.0 Å². The lowest BCUT2D eigenvalue weighted by Crippen LogP contribution is -2.56. The molecule has 3 N–H and O–H groups in total. The number of rotatable bonds is 3. The molecular formula is C13H13N3O3S2. The van der Waals surface area contributed by atoms with Gasteiger partial charge in [-0.2, -0.15) is 0 Å². The van der Waals surface area contributed by atoms with E-state index in [1.807, 2.05) is 6.92 Å². The summed E-state index contributed by atoms with van der Waals surface area (Å²) in [6.07, 6.45) is 3.83. The molecule has 1 fully saturated rings. The van der Waals surface area contributed by atoms with Gasteiger partial charge in [0.25, 0.3) is 0 Å². The fourth-order valence-electron chi connectivity index (χ4n) is 2.32. The Morgan fingerprint density at radius 2 is 2.33 bits per heavy atom. The van der Waals surface area contributed by atoms with Crippen LogP contribution in [0.25, 0.3) is 6.08 Å². The number of nitrogens with zero attached hydrogens (tertiary/aromatic N) is 2. The van der Waals surface area contributed by atoms with Crippen LogP contribution in [0.1, 0.15) is 17.0 Å². The lowest BCUT2D eigenvalue weighted by molar-refractivity contribution is -0.146. The van der Waals surface area contributed by atoms with Crippen LogP contribution in [0.15, 0.2) is 22.9 Å². The highest BCUT2D eigenvalue weighted by molar-refractivity contribution is 8.00. The molecule has 0 radical (unpaired) electrons. The second-order valence-electron chi connectivity index (χ2n) is 4.72. The standard InChI is InChI=1S/C13H13N3O3S2/c1-6-8(20-5-15-6)3-2-7-11(13(18)19)16-9(17)4-10(16)21-12(7)14/h2-3,5,10,12H,4,14H2,1H3,(H,18,19)/b3-2-/t10-,12?/m1/s1. The predicted octanol–water partition coefficient (Wildman–Crippen LogP) is 1.39. The number of carboxylic acids is 1. The van der Waals surface area contributed by atoms with Gasteiger partial charge in [0.15, 0.2) is 0 Å². The summed E-state index contributed by atoms with van der Waals surface area (Å²) in [6.45, 7) is 1.88. The molecule has 0 bridgehead atoms. The van der Waals surface area contributed by atoms with Gasteiger partial charge in [0.05, 0.1) is 28.4 Å². The number of aryl methyl sites for hydroxylation is 1. The Balaban J connectivity index is 2.01. The summed E-state index contributed by atoms with van der Waals surface area (Å²) in [5, 5.41) is 8.82. The molecule has 2 aliphatic heterocycles. The molecule has 1 saturated heterocycles. The maximum absolute atomic E-state index is 11.7. The third kappa shape index (κ3) is 2.39. The summed E-state index contributed by atoms with van der Waals surface area (Å²) in [4.78, 5) is 29.6. The molecule has 2 aliphatic rings. The number of carboxylic acid groups (broad SMARTS) is 1. The third-order valence-electron chi connectivity index (χ3n) is 3.43. The zero-order valence-electron chi connectivity index (χ0n) is 11.1. The first kappa shape index (κ1) is 14.3. The quantitative estimate of drug-likeness (QED) is 0.816. The van der Waals surface area contributed by atoms with Crippen molar-refractivity contribution in [1.29, 1.82) is 0 Å². The molecular weight excluding hydrogens is 310 g/mol. The number of hydrogen-bond acceptors (Lipinski definition) is 6. The first-order chi connectivity index (χ1) is 9.99. The summed E-state index contributed by atoms with van der Waals surface area (Å²) in [5.41, 5.74) is 9.13. The van der Waals surface area contributed by atoms with Gasteiger partial charge in [0.1, 0.15) is 5.70 Å². The number of carbonyl (C=O) groups is 2. The lowest BCUT2D eigenvalue weighted by Gasteiger charge is -2.45. The highest BCUT2D eigenvalue weighted by atomic mass is 32.2. The Morgan fingerprint density at radius 3 is 2.90 bits per heavy atom. The van der Waals surface area contributed by atoms with E-state index in [2.05, 4.69) is 4.98 Å². The number of aliphatic carboxylic acids is 1. The predicted molar refractivity (Wildman–Crippen MR) is 81.4 cm³/mol. The molecule has 1 aromatic heterocycles. The van der Waals surface area contributed by atoms with Crippen LogP contribution in [0.2, 0.25) is 0 Å². The lowest BCUT2D eigenvalue weighted by atomic mass is 10.1. The maximum atomic E-state index is 11.7. The van der Waals surface area contributed by atoms with Gasteiger partial charge in [-0.1, -0.05) is 6.08 Å². The van der Waals surface area contributed by atoms with Crippen molar-refractivity contribution in [1.82, 2.24) is 9.88 Å². The fraction of sp³-hybridized carbons (Fsp3) is 0.308. The molecule has 8 heteroatoms. The molecule has 6 nitrogen and oxygen atoms in total. The number of β-lactam (4-membered cyclic amide) rings is 1. The van der Waals surface area contributed by atoms with Gasteiger partial charge in [-0.05, 0) is 13.0 Å². The Kier molecular flexibility index (Phi) is 3.60. The van der Waals surface area contributed by atoms with Crippen molar-refractivity contribution in [2.75, 3.05) is 0 Å². The fourth-order valence-corrected chi connectivity index (χ4v) is 4.27. The summed E-state index contributed by atoms with van der Waals surface area (Å²) in [5.74, 6) is -1.29. The number of thioether (sulfide) groups is 1. The molecule has 0 aliphatic carbocycles. The highest BCUT2D eigenvalue weighted by Gasteiger charge is 2.47. The van der Waals surface area contributed by atoms with E-state index in [0.717, 1.165) is 10.6 Å². The minimum Gasteiger partial charge on any atom is -0.477 e. The van der Waals surface area contributed by atoms with E-state index in [9.17, 15) is 14.7 Å². The summed E-state index contributed by atoms with van der Waals surface area (Å²) in [6, 6.07) is 0. The van der Waals surface area contributed by atoms with Gasteiger partial charge in [0.2, 0.25) is 5.91 Å². The van der Waals surface area contributed by atoms with Crippen LogP contribution >= 0.6 is 23.1 Å². The van der Waals surface area contributed by atoms with E-state index in [4.69, 9.17) is 5.73 Å². The Hall–Kier alpha value is -1.64. The van der Waals surface area contributed by atoms with Gasteiger partial charge in [0, 0.05) is 10.5 Å². The SMILES string of the molecule is Cc1ncsc1/C=C\C1=C(C(=O)O)N2C(=O)C[C@H]2SC1N. The normalized spacial score (nSPS) is 25.2. The van der Waals surface area contributed by atoms with E-state index >= 15 is 0 Å². The average Bonchev–Trinajstić information content (AvgIpc) is 2.81. The van der Waals surface area contributed by atoms with Crippen LogP contribution in [-0.2, 0) is 9.59 Å². The Labute approximate surface area is 129 Å². The van der Waals surface area contributed by atoms with E-state index in [-0.39, 0.29) is 17.0 Å². The zero-order chi connectivity index (χ0) is 15.1. The first-order valence-electron chi connectivity index (χ1n) is 6.27. The van der Waals surface area contributed by atoms with Gasteiger partial charge in [-0.3, -0.25) is 9.69 Å². The molecule has 110 valence electrons. The van der Waals surface area contributed by atoms with Gasteiger partial charge in [-0.25, -0.2) is 9.78 Å². The van der Waals surface area contributed by atoms with Crippen LogP contribution in [0, 0.1) is 6.92 Å². The van der Waals surface area contributed by atoms with Crippen molar-refractivity contribution in [2.45, 2.75) is 24.1 Å². The van der Waals surface area contributed by atoms with Crippen molar-refractivity contribution in [3.63, 3.8) is 0 Å². The largest absolute Gasteiger partial charge is 0.477 e. The van der Waals surface area contributed by atoms with Crippen LogP contribution in [-0.4, -0.2) is 37.6 Å². The Bertz CT molecular complexity index is 680. The van der Waals surface area contributed by atoms with Crippen LogP contribution < -0.4 is 5.73 Å². The number of hydrogen-bond donors (Lipinski definition) is 2. The molecule has 1 aromatic rings. The van der Waals surface area contributed by atoms with E-state index < -0.39 is 11.3 Å². The van der Waals surface area contributed by atoms with Crippen molar-refractivity contribution < 1.29 is 14.7 Å². The van der Waals surface area contributed by atoms with E-state index in [1.54, 1.807) is 17.7 Å². The second-order valence-corrected chi connectivity index (χ2v) is 6.93. The third-order valence-corrected chi connectivity index (χ3v) is 5.56. The topological polar surface area (TPSA) is 96.5 Å². The van der Waals surface area contributed by atoms with Crippen molar-refractivity contribution in [3.8, 4) is 0 Å². The molecule has 3 rings (SSSR count). The summed E-state index contributed by atoms with van der Waals surface area (Å²) < 4.78 is 0. The van der Waals surface area contributed by atoms with Crippen LogP contribution in [0.4, 0.5) is 0 Å². The number of carbonyl (C=O) groups excluding carboxylic acids is 1. The van der Waals surface area contributed by atoms with Crippen molar-refractivity contribution in [2.24, 2.45) is 5.73 Å². The number of amides is 1. The highest BCUT2D eigenvalue weighted by Crippen LogP contribution is 2.42. The molecule has 3 heterocycles. The molecule has 21 heavy (non-hydrogen) atoms. The van der Waals surface area contributed by atoms with Crippen LogP contribution in [0.3, 0.4) is 0 Å². The van der Waals surface area contributed by atoms with Crippen molar-refractivity contribution in [3.05, 3.63) is 33.4 Å². The number of thiazole rings is 1. The first-order valence-corrected chi connectivity index (χ1v) is 8.10. The van der Waals surface area contributed by atoms with Crippen LogP contribution in [0.5, 0.6) is 0 Å². The Morgan fingerprint density at radius 1 is 1.57 bits per heavy atom. The van der Waals surface area contributed by atoms with Gasteiger partial charge < -0.3 is 10.8 Å². The molecule has 1 unspecified atom stereocenters.